The molecule has 0 aliphatic rings. The SMILES string of the molecule is Cc1ccc(NS(=O)(=O)c2cccc(C(=O)NN(C)c3ccccc3)c2)cc1. The Morgan fingerprint density at radius 3 is 2.25 bits per heavy atom. The van der Waals surface area contributed by atoms with Gasteiger partial charge in [0.2, 0.25) is 0 Å². The number of hydrazine groups is 1. The summed E-state index contributed by atoms with van der Waals surface area (Å²) in [7, 11) is -2.09. The molecule has 3 aromatic carbocycles. The summed E-state index contributed by atoms with van der Waals surface area (Å²) in [5, 5.41) is 1.58. The number of nitrogens with one attached hydrogen (secondary N) is 2. The van der Waals surface area contributed by atoms with Gasteiger partial charge < -0.3 is 0 Å². The molecular weight excluding hydrogens is 374 g/mol. The molecule has 7 heteroatoms. The van der Waals surface area contributed by atoms with Gasteiger partial charge in [-0.25, -0.2) is 8.42 Å². The Hall–Kier alpha value is -3.32. The molecule has 0 aliphatic heterocycles. The van der Waals surface area contributed by atoms with Gasteiger partial charge in [-0.3, -0.25) is 20.0 Å². The topological polar surface area (TPSA) is 78.5 Å². The highest BCUT2D eigenvalue weighted by Gasteiger charge is 2.17. The molecule has 3 rings (SSSR count). The number of anilines is 2. The molecule has 0 aliphatic carbocycles. The van der Waals surface area contributed by atoms with Crippen LogP contribution in [0.1, 0.15) is 15.9 Å². The maximum absolute atomic E-state index is 12.7. The second-order valence-corrected chi connectivity index (χ2v) is 8.02. The Morgan fingerprint density at radius 1 is 0.893 bits per heavy atom. The molecule has 28 heavy (non-hydrogen) atoms. The molecule has 2 N–H and O–H groups in total. The number of hydrogen-bond donors (Lipinski definition) is 2. The van der Waals surface area contributed by atoms with E-state index in [1.807, 2.05) is 49.4 Å². The largest absolute Gasteiger partial charge is 0.288 e. The lowest BCUT2D eigenvalue weighted by atomic mass is 10.2. The number of aryl methyl sites for hydroxylation is 1. The van der Waals surface area contributed by atoms with Crippen molar-refractivity contribution in [3.8, 4) is 0 Å². The summed E-state index contributed by atoms with van der Waals surface area (Å²) >= 11 is 0. The van der Waals surface area contributed by atoms with Gasteiger partial charge in [0.05, 0.1) is 10.6 Å². The molecule has 144 valence electrons. The normalized spacial score (nSPS) is 10.9. The van der Waals surface area contributed by atoms with E-state index in [1.165, 1.54) is 12.1 Å². The minimum atomic E-state index is -3.81. The summed E-state index contributed by atoms with van der Waals surface area (Å²) in [6.07, 6.45) is 0. The van der Waals surface area contributed by atoms with Gasteiger partial charge in [-0.1, -0.05) is 42.0 Å². The van der Waals surface area contributed by atoms with E-state index in [2.05, 4.69) is 10.1 Å². The molecule has 6 nitrogen and oxygen atoms in total. The third-order valence-corrected chi connectivity index (χ3v) is 5.50. The first-order valence-corrected chi connectivity index (χ1v) is 10.1. The van der Waals surface area contributed by atoms with Crippen LogP contribution in [0.25, 0.3) is 0 Å². The van der Waals surface area contributed by atoms with Crippen LogP contribution < -0.4 is 15.2 Å². The first kappa shape index (κ1) is 19.4. The van der Waals surface area contributed by atoms with Gasteiger partial charge in [0.25, 0.3) is 15.9 Å². The van der Waals surface area contributed by atoms with Gasteiger partial charge in [0, 0.05) is 18.3 Å². The summed E-state index contributed by atoms with van der Waals surface area (Å²) in [4.78, 5) is 12.6. The van der Waals surface area contributed by atoms with Crippen LogP contribution in [-0.4, -0.2) is 21.4 Å². The number of rotatable bonds is 6. The van der Waals surface area contributed by atoms with E-state index in [4.69, 9.17) is 0 Å². The highest BCUT2D eigenvalue weighted by Crippen LogP contribution is 2.18. The Morgan fingerprint density at radius 2 is 1.57 bits per heavy atom. The number of nitrogens with zero attached hydrogens (tertiary/aromatic N) is 1. The van der Waals surface area contributed by atoms with Gasteiger partial charge >= 0.3 is 0 Å². The van der Waals surface area contributed by atoms with Crippen molar-refractivity contribution in [2.75, 3.05) is 16.8 Å². The fourth-order valence-corrected chi connectivity index (χ4v) is 3.68. The van der Waals surface area contributed by atoms with E-state index >= 15 is 0 Å². The summed E-state index contributed by atoms with van der Waals surface area (Å²) in [5.41, 5.74) is 5.27. The second-order valence-electron chi connectivity index (χ2n) is 6.33. The summed E-state index contributed by atoms with van der Waals surface area (Å²) in [6.45, 7) is 1.92. The predicted molar refractivity (Wildman–Crippen MR) is 111 cm³/mol. The fourth-order valence-electron chi connectivity index (χ4n) is 2.57. The molecule has 0 unspecified atom stereocenters. The van der Waals surface area contributed by atoms with E-state index in [0.717, 1.165) is 11.3 Å². The summed E-state index contributed by atoms with van der Waals surface area (Å²) < 4.78 is 27.8. The monoisotopic (exact) mass is 395 g/mol. The third-order valence-electron chi connectivity index (χ3n) is 4.12. The number of hydrogen-bond acceptors (Lipinski definition) is 4. The first-order valence-electron chi connectivity index (χ1n) is 8.64. The number of amides is 1. The molecular formula is C21H21N3O3S. The van der Waals surface area contributed by atoms with Crippen LogP contribution in [0.2, 0.25) is 0 Å². The first-order chi connectivity index (χ1) is 13.3. The maximum Gasteiger partial charge on any atom is 0.269 e. The molecule has 0 saturated carbocycles. The van der Waals surface area contributed by atoms with Crippen LogP contribution >= 0.6 is 0 Å². The second kappa shape index (κ2) is 8.14. The minimum absolute atomic E-state index is 0.0167. The van der Waals surface area contributed by atoms with Crippen molar-refractivity contribution in [2.24, 2.45) is 0 Å². The van der Waals surface area contributed by atoms with Crippen LogP contribution in [0.4, 0.5) is 11.4 Å². The summed E-state index contributed by atoms with van der Waals surface area (Å²) in [6, 6.07) is 22.3. The lowest BCUT2D eigenvalue weighted by Gasteiger charge is -2.20. The van der Waals surface area contributed by atoms with Crippen LogP contribution in [-0.2, 0) is 10.0 Å². The highest BCUT2D eigenvalue weighted by molar-refractivity contribution is 7.92. The predicted octanol–water partition coefficient (Wildman–Crippen LogP) is 3.58. The number of sulfonamides is 1. The standard InChI is InChI=1S/C21H21N3O3S/c1-16-11-13-18(14-12-16)23-28(26,27)20-10-6-7-17(15-20)21(25)22-24(2)19-8-4-3-5-9-19/h3-15,23H,1-2H3,(H,22,25). The van der Waals surface area contributed by atoms with Crippen LogP contribution in [0, 0.1) is 6.92 Å². The van der Waals surface area contributed by atoms with Crippen LogP contribution in [0.3, 0.4) is 0 Å². The number of carbonyl (C=O) groups excluding carboxylic acids is 1. The minimum Gasteiger partial charge on any atom is -0.288 e. The van der Waals surface area contributed by atoms with Crippen molar-refractivity contribution in [3.05, 3.63) is 90.0 Å². The smallest absolute Gasteiger partial charge is 0.269 e. The van der Waals surface area contributed by atoms with Crippen molar-refractivity contribution in [1.82, 2.24) is 5.43 Å². The van der Waals surface area contributed by atoms with E-state index in [0.29, 0.717) is 5.69 Å². The van der Waals surface area contributed by atoms with Crippen molar-refractivity contribution in [2.45, 2.75) is 11.8 Å². The molecule has 0 spiro atoms. The van der Waals surface area contributed by atoms with Gasteiger partial charge in [-0.2, -0.15) is 0 Å². The molecule has 0 heterocycles. The van der Waals surface area contributed by atoms with Crippen molar-refractivity contribution >= 4 is 27.3 Å². The molecule has 0 fully saturated rings. The van der Waals surface area contributed by atoms with E-state index in [1.54, 1.807) is 36.3 Å². The van der Waals surface area contributed by atoms with E-state index < -0.39 is 15.9 Å². The van der Waals surface area contributed by atoms with Gasteiger partial charge in [-0.15, -0.1) is 0 Å². The number of carbonyl (C=O) groups is 1. The third kappa shape index (κ3) is 4.69. The molecule has 0 saturated heterocycles. The van der Waals surface area contributed by atoms with Crippen molar-refractivity contribution in [1.29, 1.82) is 0 Å². The van der Waals surface area contributed by atoms with Crippen LogP contribution in [0.15, 0.2) is 83.8 Å². The fraction of sp³-hybridized carbons (Fsp3) is 0.0952. The molecule has 0 atom stereocenters. The highest BCUT2D eigenvalue weighted by atomic mass is 32.2. The van der Waals surface area contributed by atoms with Gasteiger partial charge in [0.15, 0.2) is 0 Å². The zero-order valence-electron chi connectivity index (χ0n) is 15.6. The quantitative estimate of drug-likeness (QED) is 0.626. The van der Waals surface area contributed by atoms with Crippen LogP contribution in [0.5, 0.6) is 0 Å². The molecule has 0 aromatic heterocycles. The Bertz CT molecular complexity index is 1070. The van der Waals surface area contributed by atoms with E-state index in [9.17, 15) is 13.2 Å². The average molecular weight is 395 g/mol. The Balaban J connectivity index is 1.77. The Labute approximate surface area is 164 Å². The molecule has 0 bridgehead atoms. The van der Waals surface area contributed by atoms with E-state index in [-0.39, 0.29) is 10.5 Å². The van der Waals surface area contributed by atoms with Crippen molar-refractivity contribution in [3.63, 3.8) is 0 Å². The Kier molecular flexibility index (Phi) is 5.65. The average Bonchev–Trinajstić information content (AvgIpc) is 2.70. The maximum atomic E-state index is 12.7. The molecule has 0 radical (unpaired) electrons. The summed E-state index contributed by atoms with van der Waals surface area (Å²) in [5.74, 6) is -0.404. The molecule has 1 amide bonds. The van der Waals surface area contributed by atoms with Crippen molar-refractivity contribution < 1.29 is 13.2 Å². The lowest BCUT2D eigenvalue weighted by Crippen LogP contribution is -2.39. The zero-order chi connectivity index (χ0) is 20.1. The van der Waals surface area contributed by atoms with Gasteiger partial charge in [-0.05, 0) is 49.4 Å². The van der Waals surface area contributed by atoms with Gasteiger partial charge in [0.1, 0.15) is 0 Å². The lowest BCUT2D eigenvalue weighted by molar-refractivity contribution is 0.0951. The molecule has 3 aromatic rings. The zero-order valence-corrected chi connectivity index (χ0v) is 16.4. The number of para-hydroxylation sites is 1. The number of benzene rings is 3.